The Balaban J connectivity index is 2.66. The van der Waals surface area contributed by atoms with E-state index in [1.165, 1.54) is 5.56 Å². The minimum atomic E-state index is -0.334. The molecule has 0 spiro atoms. The molecular formula is C15H22O2. The SMILES string of the molecule is CCCc1ccccc1OCC(=O)C(C)(C)C. The molecule has 0 N–H and O–H groups in total. The molecule has 0 saturated carbocycles. The molecule has 0 aliphatic carbocycles. The van der Waals surface area contributed by atoms with E-state index in [9.17, 15) is 4.79 Å². The third-order valence-corrected chi connectivity index (χ3v) is 2.69. The van der Waals surface area contributed by atoms with Crippen molar-refractivity contribution in [2.75, 3.05) is 6.61 Å². The minimum Gasteiger partial charge on any atom is -0.486 e. The zero-order valence-corrected chi connectivity index (χ0v) is 11.2. The normalized spacial score (nSPS) is 11.3. The number of ketones is 1. The highest BCUT2D eigenvalue weighted by atomic mass is 16.5. The first kappa shape index (κ1) is 13.8. The lowest BCUT2D eigenvalue weighted by molar-refractivity contribution is -0.128. The summed E-state index contributed by atoms with van der Waals surface area (Å²) in [7, 11) is 0. The highest BCUT2D eigenvalue weighted by Crippen LogP contribution is 2.21. The monoisotopic (exact) mass is 234 g/mol. The third kappa shape index (κ3) is 4.22. The van der Waals surface area contributed by atoms with Crippen molar-refractivity contribution in [1.29, 1.82) is 0 Å². The highest BCUT2D eigenvalue weighted by molar-refractivity contribution is 5.85. The number of benzene rings is 1. The highest BCUT2D eigenvalue weighted by Gasteiger charge is 2.21. The van der Waals surface area contributed by atoms with Crippen molar-refractivity contribution in [3.8, 4) is 5.75 Å². The average molecular weight is 234 g/mol. The molecule has 0 radical (unpaired) electrons. The molecule has 0 aromatic heterocycles. The number of aryl methyl sites for hydroxylation is 1. The smallest absolute Gasteiger partial charge is 0.175 e. The van der Waals surface area contributed by atoms with E-state index < -0.39 is 0 Å². The fourth-order valence-electron chi connectivity index (χ4n) is 1.48. The topological polar surface area (TPSA) is 26.3 Å². The second-order valence-corrected chi connectivity index (χ2v) is 5.32. The van der Waals surface area contributed by atoms with Gasteiger partial charge in [0, 0.05) is 5.41 Å². The van der Waals surface area contributed by atoms with E-state index >= 15 is 0 Å². The summed E-state index contributed by atoms with van der Waals surface area (Å²) in [5, 5.41) is 0. The van der Waals surface area contributed by atoms with Gasteiger partial charge in [0.1, 0.15) is 12.4 Å². The number of carbonyl (C=O) groups excluding carboxylic acids is 1. The molecule has 2 heteroatoms. The lowest BCUT2D eigenvalue weighted by Crippen LogP contribution is -2.26. The van der Waals surface area contributed by atoms with E-state index in [4.69, 9.17) is 4.74 Å². The van der Waals surface area contributed by atoms with Crippen molar-refractivity contribution < 1.29 is 9.53 Å². The molecule has 0 unspecified atom stereocenters. The van der Waals surface area contributed by atoms with Gasteiger partial charge in [-0.2, -0.15) is 0 Å². The number of hydrogen-bond donors (Lipinski definition) is 0. The predicted molar refractivity (Wildman–Crippen MR) is 70.4 cm³/mol. The molecule has 0 aliphatic rings. The maximum Gasteiger partial charge on any atom is 0.175 e. The molecule has 0 fully saturated rings. The van der Waals surface area contributed by atoms with Gasteiger partial charge < -0.3 is 4.74 Å². The Hall–Kier alpha value is -1.31. The first-order valence-electron chi connectivity index (χ1n) is 6.19. The Morgan fingerprint density at radius 1 is 1.24 bits per heavy atom. The number of rotatable bonds is 5. The summed E-state index contributed by atoms with van der Waals surface area (Å²) in [6.07, 6.45) is 2.06. The first-order valence-corrected chi connectivity index (χ1v) is 6.19. The lowest BCUT2D eigenvalue weighted by atomic mass is 9.91. The van der Waals surface area contributed by atoms with Crippen LogP contribution in [0.3, 0.4) is 0 Å². The van der Waals surface area contributed by atoms with Gasteiger partial charge in [0.2, 0.25) is 0 Å². The van der Waals surface area contributed by atoms with Crippen LogP contribution in [0.25, 0.3) is 0 Å². The average Bonchev–Trinajstić information content (AvgIpc) is 2.26. The second-order valence-electron chi connectivity index (χ2n) is 5.32. The minimum absolute atomic E-state index is 0.129. The molecule has 17 heavy (non-hydrogen) atoms. The van der Waals surface area contributed by atoms with Crippen molar-refractivity contribution in [2.24, 2.45) is 5.41 Å². The standard InChI is InChI=1S/C15H22O2/c1-5-8-12-9-6-7-10-13(12)17-11-14(16)15(2,3)4/h6-7,9-10H,5,8,11H2,1-4H3. The second kappa shape index (κ2) is 5.85. The molecule has 0 aliphatic heterocycles. The first-order chi connectivity index (χ1) is 7.95. The van der Waals surface area contributed by atoms with Crippen LogP contribution in [0.15, 0.2) is 24.3 Å². The Morgan fingerprint density at radius 2 is 1.88 bits per heavy atom. The van der Waals surface area contributed by atoms with E-state index in [1.54, 1.807) is 0 Å². The van der Waals surface area contributed by atoms with Gasteiger partial charge in [-0.05, 0) is 18.1 Å². The number of Topliss-reactive ketones (excluding diaryl/α,β-unsaturated/α-hetero) is 1. The summed E-state index contributed by atoms with van der Waals surface area (Å²) < 4.78 is 5.63. The fourth-order valence-corrected chi connectivity index (χ4v) is 1.48. The number of hydrogen-bond acceptors (Lipinski definition) is 2. The predicted octanol–water partition coefficient (Wildman–Crippen LogP) is 3.63. The molecule has 1 rings (SSSR count). The molecule has 0 bridgehead atoms. The Kier molecular flexibility index (Phi) is 4.73. The van der Waals surface area contributed by atoms with Gasteiger partial charge in [0.25, 0.3) is 0 Å². The van der Waals surface area contributed by atoms with Gasteiger partial charge in [-0.15, -0.1) is 0 Å². The van der Waals surface area contributed by atoms with Crippen LogP contribution in [0.4, 0.5) is 0 Å². The van der Waals surface area contributed by atoms with Crippen molar-refractivity contribution in [1.82, 2.24) is 0 Å². The molecule has 1 aromatic rings. The fraction of sp³-hybridized carbons (Fsp3) is 0.533. The summed E-state index contributed by atoms with van der Waals surface area (Å²) in [6.45, 7) is 8.03. The maximum absolute atomic E-state index is 11.8. The van der Waals surface area contributed by atoms with Crippen LogP contribution in [-0.4, -0.2) is 12.4 Å². The summed E-state index contributed by atoms with van der Waals surface area (Å²) in [5.74, 6) is 0.968. The largest absolute Gasteiger partial charge is 0.486 e. The van der Waals surface area contributed by atoms with Crippen LogP contribution in [-0.2, 0) is 11.2 Å². The van der Waals surface area contributed by atoms with Gasteiger partial charge in [0.15, 0.2) is 5.78 Å². The lowest BCUT2D eigenvalue weighted by Gasteiger charge is -2.17. The third-order valence-electron chi connectivity index (χ3n) is 2.69. The number of para-hydroxylation sites is 1. The van der Waals surface area contributed by atoms with E-state index in [2.05, 4.69) is 13.0 Å². The van der Waals surface area contributed by atoms with Gasteiger partial charge in [-0.3, -0.25) is 4.79 Å². The van der Waals surface area contributed by atoms with Gasteiger partial charge >= 0.3 is 0 Å². The molecule has 0 saturated heterocycles. The summed E-state index contributed by atoms with van der Waals surface area (Å²) in [5.41, 5.74) is 0.844. The molecule has 1 aromatic carbocycles. The van der Waals surface area contributed by atoms with Crippen molar-refractivity contribution in [2.45, 2.75) is 40.5 Å². The number of ether oxygens (including phenoxy) is 1. The van der Waals surface area contributed by atoms with Crippen LogP contribution < -0.4 is 4.74 Å². The Bertz CT molecular complexity index is 375. The maximum atomic E-state index is 11.8. The molecule has 94 valence electrons. The van der Waals surface area contributed by atoms with Crippen LogP contribution in [0.1, 0.15) is 39.7 Å². The molecule has 0 atom stereocenters. The Labute approximate surface area is 104 Å². The quantitative estimate of drug-likeness (QED) is 0.777. The van der Waals surface area contributed by atoms with Crippen molar-refractivity contribution in [3.05, 3.63) is 29.8 Å². The molecule has 0 heterocycles. The van der Waals surface area contributed by atoms with Crippen LogP contribution in [0.2, 0.25) is 0 Å². The van der Waals surface area contributed by atoms with Gasteiger partial charge in [0.05, 0.1) is 0 Å². The van der Waals surface area contributed by atoms with E-state index in [1.807, 2.05) is 39.0 Å². The molecular weight excluding hydrogens is 212 g/mol. The van der Waals surface area contributed by atoms with Crippen molar-refractivity contribution >= 4 is 5.78 Å². The van der Waals surface area contributed by atoms with Crippen LogP contribution >= 0.6 is 0 Å². The van der Waals surface area contributed by atoms with Crippen molar-refractivity contribution in [3.63, 3.8) is 0 Å². The zero-order valence-electron chi connectivity index (χ0n) is 11.2. The van der Waals surface area contributed by atoms with E-state index in [0.717, 1.165) is 18.6 Å². The molecule has 2 nitrogen and oxygen atoms in total. The Morgan fingerprint density at radius 3 is 2.47 bits per heavy atom. The summed E-state index contributed by atoms with van der Waals surface area (Å²) in [6, 6.07) is 7.93. The zero-order chi connectivity index (χ0) is 12.9. The number of carbonyl (C=O) groups is 1. The van der Waals surface area contributed by atoms with Crippen LogP contribution in [0.5, 0.6) is 5.75 Å². The van der Waals surface area contributed by atoms with Gasteiger partial charge in [-0.1, -0.05) is 52.3 Å². The van der Waals surface area contributed by atoms with E-state index in [0.29, 0.717) is 0 Å². The van der Waals surface area contributed by atoms with E-state index in [-0.39, 0.29) is 17.8 Å². The summed E-state index contributed by atoms with van der Waals surface area (Å²) >= 11 is 0. The van der Waals surface area contributed by atoms with Crippen LogP contribution in [0, 0.1) is 5.41 Å². The van der Waals surface area contributed by atoms with Gasteiger partial charge in [-0.25, -0.2) is 0 Å². The summed E-state index contributed by atoms with van der Waals surface area (Å²) in [4.78, 5) is 11.8. The molecule has 0 amide bonds.